The van der Waals surface area contributed by atoms with E-state index < -0.39 is 10.0 Å². The van der Waals surface area contributed by atoms with Gasteiger partial charge in [0.05, 0.1) is 11.9 Å². The molecular formula is C21H28N2O3S. The Labute approximate surface area is 162 Å². The van der Waals surface area contributed by atoms with Crippen molar-refractivity contribution >= 4 is 27.3 Å². The van der Waals surface area contributed by atoms with Gasteiger partial charge in [-0.05, 0) is 48.9 Å². The highest BCUT2D eigenvalue weighted by Gasteiger charge is 2.25. The minimum Gasteiger partial charge on any atom is -0.324 e. The van der Waals surface area contributed by atoms with Gasteiger partial charge in [0.25, 0.3) is 0 Å². The van der Waals surface area contributed by atoms with Crippen LogP contribution in [-0.4, -0.2) is 27.1 Å². The zero-order valence-corrected chi connectivity index (χ0v) is 17.5. The van der Waals surface area contributed by atoms with Gasteiger partial charge in [0.2, 0.25) is 15.9 Å². The van der Waals surface area contributed by atoms with Crippen molar-refractivity contribution in [2.75, 3.05) is 22.4 Å². The normalized spacial score (nSPS) is 11.3. The highest BCUT2D eigenvalue weighted by Crippen LogP contribution is 2.29. The molecule has 1 N–H and O–H groups in total. The number of nitrogens with zero attached hydrogens (tertiary/aromatic N) is 1. The molecule has 2 rings (SSSR count). The molecule has 0 spiro atoms. The summed E-state index contributed by atoms with van der Waals surface area (Å²) in [5, 5.41) is 2.88. The van der Waals surface area contributed by atoms with Gasteiger partial charge < -0.3 is 5.32 Å². The maximum atomic E-state index is 12.7. The van der Waals surface area contributed by atoms with Crippen LogP contribution in [0.1, 0.15) is 36.1 Å². The molecule has 0 saturated heterocycles. The predicted molar refractivity (Wildman–Crippen MR) is 112 cm³/mol. The molecule has 146 valence electrons. The van der Waals surface area contributed by atoms with Crippen LogP contribution in [-0.2, 0) is 27.7 Å². The Morgan fingerprint density at radius 2 is 1.44 bits per heavy atom. The fourth-order valence-corrected chi connectivity index (χ4v) is 4.14. The summed E-state index contributed by atoms with van der Waals surface area (Å²) in [7, 11) is -3.62. The number of hydrogen-bond acceptors (Lipinski definition) is 3. The van der Waals surface area contributed by atoms with Crippen molar-refractivity contribution in [3.8, 4) is 0 Å². The summed E-state index contributed by atoms with van der Waals surface area (Å²) in [6.07, 6.45) is 2.52. The van der Waals surface area contributed by atoms with Crippen molar-refractivity contribution in [2.45, 2.75) is 40.5 Å². The van der Waals surface area contributed by atoms with Gasteiger partial charge in [-0.1, -0.05) is 50.2 Å². The van der Waals surface area contributed by atoms with Crippen molar-refractivity contribution in [3.05, 3.63) is 58.7 Å². The van der Waals surface area contributed by atoms with Crippen LogP contribution in [0.15, 0.2) is 36.4 Å². The van der Waals surface area contributed by atoms with E-state index in [-0.39, 0.29) is 12.5 Å². The van der Waals surface area contributed by atoms with Gasteiger partial charge in [0, 0.05) is 5.69 Å². The molecule has 0 unspecified atom stereocenters. The SMILES string of the molecule is CCc1cccc(CC)c1N(CC(=O)Nc1c(C)cccc1C)S(C)(=O)=O. The van der Waals surface area contributed by atoms with Crippen molar-refractivity contribution in [1.82, 2.24) is 0 Å². The number of hydrogen-bond donors (Lipinski definition) is 1. The van der Waals surface area contributed by atoms with Crippen LogP contribution in [0.3, 0.4) is 0 Å². The average Bonchev–Trinajstić information content (AvgIpc) is 2.61. The Morgan fingerprint density at radius 1 is 0.963 bits per heavy atom. The Hall–Kier alpha value is -2.34. The van der Waals surface area contributed by atoms with Gasteiger partial charge in [0.15, 0.2) is 0 Å². The number of para-hydroxylation sites is 2. The number of carbonyl (C=O) groups is 1. The topological polar surface area (TPSA) is 66.5 Å². The molecule has 6 heteroatoms. The predicted octanol–water partition coefficient (Wildman–Crippen LogP) is 3.83. The summed E-state index contributed by atoms with van der Waals surface area (Å²) in [6, 6.07) is 11.5. The summed E-state index contributed by atoms with van der Waals surface area (Å²) in [6.45, 7) is 7.54. The van der Waals surface area contributed by atoms with Crippen LogP contribution < -0.4 is 9.62 Å². The summed E-state index contributed by atoms with van der Waals surface area (Å²) in [5.41, 5.74) is 5.08. The molecule has 0 aromatic heterocycles. The van der Waals surface area contributed by atoms with E-state index in [1.165, 1.54) is 4.31 Å². The largest absolute Gasteiger partial charge is 0.324 e. The molecule has 2 aromatic carbocycles. The number of sulfonamides is 1. The molecule has 2 aromatic rings. The Morgan fingerprint density at radius 3 is 1.89 bits per heavy atom. The van der Waals surface area contributed by atoms with E-state index in [4.69, 9.17) is 0 Å². The average molecular weight is 389 g/mol. The third kappa shape index (κ3) is 4.89. The molecule has 0 radical (unpaired) electrons. The standard InChI is InChI=1S/C21H28N2O3S/c1-6-17-12-9-13-18(7-2)21(17)23(27(5,25)26)14-19(24)22-20-15(3)10-8-11-16(20)4/h8-13H,6-7,14H2,1-5H3,(H,22,24). The second kappa shape index (κ2) is 8.57. The van der Waals surface area contributed by atoms with Crippen LogP contribution >= 0.6 is 0 Å². The second-order valence-electron chi connectivity index (χ2n) is 6.72. The Balaban J connectivity index is 2.41. The lowest BCUT2D eigenvalue weighted by Gasteiger charge is -2.27. The molecule has 0 atom stereocenters. The van der Waals surface area contributed by atoms with Gasteiger partial charge >= 0.3 is 0 Å². The van der Waals surface area contributed by atoms with Gasteiger partial charge in [0.1, 0.15) is 6.54 Å². The second-order valence-corrected chi connectivity index (χ2v) is 8.62. The molecule has 0 aliphatic heterocycles. The smallest absolute Gasteiger partial charge is 0.245 e. The van der Waals surface area contributed by atoms with Crippen molar-refractivity contribution in [2.24, 2.45) is 0 Å². The molecular weight excluding hydrogens is 360 g/mol. The lowest BCUT2D eigenvalue weighted by molar-refractivity contribution is -0.114. The quantitative estimate of drug-likeness (QED) is 0.784. The van der Waals surface area contributed by atoms with Crippen LogP contribution in [0.25, 0.3) is 0 Å². The zero-order chi connectivity index (χ0) is 20.2. The molecule has 27 heavy (non-hydrogen) atoms. The van der Waals surface area contributed by atoms with Gasteiger partial charge in [-0.25, -0.2) is 8.42 Å². The van der Waals surface area contributed by atoms with E-state index in [1.807, 2.05) is 64.1 Å². The van der Waals surface area contributed by atoms with Crippen molar-refractivity contribution < 1.29 is 13.2 Å². The first-order valence-corrected chi connectivity index (χ1v) is 11.0. The fourth-order valence-electron chi connectivity index (χ4n) is 3.22. The number of benzene rings is 2. The number of nitrogens with one attached hydrogen (secondary N) is 1. The zero-order valence-electron chi connectivity index (χ0n) is 16.7. The first kappa shape index (κ1) is 21.0. The highest BCUT2D eigenvalue weighted by molar-refractivity contribution is 7.92. The molecule has 5 nitrogen and oxygen atoms in total. The molecule has 1 amide bonds. The van der Waals surface area contributed by atoms with Crippen LogP contribution in [0, 0.1) is 13.8 Å². The van der Waals surface area contributed by atoms with Gasteiger partial charge in [-0.3, -0.25) is 9.10 Å². The van der Waals surface area contributed by atoms with Crippen LogP contribution in [0.5, 0.6) is 0 Å². The van der Waals surface area contributed by atoms with Crippen molar-refractivity contribution in [3.63, 3.8) is 0 Å². The monoisotopic (exact) mass is 388 g/mol. The molecule has 0 fully saturated rings. The highest BCUT2D eigenvalue weighted by atomic mass is 32.2. The third-order valence-electron chi connectivity index (χ3n) is 4.65. The summed E-state index contributed by atoms with van der Waals surface area (Å²) < 4.78 is 26.3. The van der Waals surface area contributed by atoms with Gasteiger partial charge in [-0.15, -0.1) is 0 Å². The molecule has 0 aliphatic rings. The summed E-state index contributed by atoms with van der Waals surface area (Å²) >= 11 is 0. The number of amides is 1. The fraction of sp³-hybridized carbons (Fsp3) is 0.381. The van der Waals surface area contributed by atoms with E-state index in [0.29, 0.717) is 18.5 Å². The lowest BCUT2D eigenvalue weighted by atomic mass is 10.0. The van der Waals surface area contributed by atoms with E-state index in [9.17, 15) is 13.2 Å². The third-order valence-corrected chi connectivity index (χ3v) is 5.76. The maximum absolute atomic E-state index is 12.7. The van der Waals surface area contributed by atoms with Gasteiger partial charge in [-0.2, -0.15) is 0 Å². The maximum Gasteiger partial charge on any atom is 0.245 e. The summed E-state index contributed by atoms with van der Waals surface area (Å²) in [5.74, 6) is -0.356. The minimum absolute atomic E-state index is 0.253. The van der Waals surface area contributed by atoms with E-state index in [0.717, 1.165) is 34.2 Å². The number of carbonyl (C=O) groups excluding carboxylic acids is 1. The molecule has 0 bridgehead atoms. The summed E-state index contributed by atoms with van der Waals surface area (Å²) in [4.78, 5) is 12.7. The number of aryl methyl sites for hydroxylation is 4. The molecule has 0 heterocycles. The van der Waals surface area contributed by atoms with Crippen molar-refractivity contribution in [1.29, 1.82) is 0 Å². The van der Waals surface area contributed by atoms with Crippen LogP contribution in [0.4, 0.5) is 11.4 Å². The molecule has 0 aliphatic carbocycles. The van der Waals surface area contributed by atoms with E-state index >= 15 is 0 Å². The Bertz CT molecular complexity index is 894. The minimum atomic E-state index is -3.62. The van der Waals surface area contributed by atoms with Crippen LogP contribution in [0.2, 0.25) is 0 Å². The first-order valence-electron chi connectivity index (χ1n) is 9.13. The van der Waals surface area contributed by atoms with E-state index in [1.54, 1.807) is 0 Å². The number of anilines is 2. The van der Waals surface area contributed by atoms with E-state index in [2.05, 4.69) is 5.32 Å². The Kier molecular flexibility index (Phi) is 6.65. The molecule has 0 saturated carbocycles. The number of rotatable bonds is 7. The first-order chi connectivity index (χ1) is 12.7. The lowest BCUT2D eigenvalue weighted by Crippen LogP contribution is -2.38.